The van der Waals surface area contributed by atoms with E-state index in [0.29, 0.717) is 31.6 Å². The van der Waals surface area contributed by atoms with E-state index in [0.717, 1.165) is 6.42 Å². The standard InChI is InChI=1S/C18H34N6O6S/c1-31-9-7-12(24-16(27)11(20)4-2-3-8-19)17(28)22-10-15(26)23-13(18(29)30)5-6-14(21)25/h11-13H,2-10,19-20H2,1H3,(H2,21,25)(H,22,28)(H,23,26)(H,24,27)(H,29,30). The van der Waals surface area contributed by atoms with Crippen molar-refractivity contribution in [2.75, 3.05) is 25.1 Å². The Labute approximate surface area is 185 Å². The monoisotopic (exact) mass is 462 g/mol. The molecular weight excluding hydrogens is 428 g/mol. The molecule has 31 heavy (non-hydrogen) atoms. The first kappa shape index (κ1) is 28.6. The van der Waals surface area contributed by atoms with Gasteiger partial charge in [-0.3, -0.25) is 19.2 Å². The highest BCUT2D eigenvalue weighted by Crippen LogP contribution is 2.04. The second kappa shape index (κ2) is 16.3. The Bertz CT molecular complexity index is 620. The first-order valence-electron chi connectivity index (χ1n) is 9.95. The van der Waals surface area contributed by atoms with Crippen LogP contribution in [0.1, 0.15) is 38.5 Å². The topological polar surface area (TPSA) is 220 Å². The second-order valence-electron chi connectivity index (χ2n) is 6.91. The van der Waals surface area contributed by atoms with Gasteiger partial charge >= 0.3 is 5.97 Å². The normalized spacial score (nSPS) is 13.5. The first-order valence-corrected chi connectivity index (χ1v) is 11.3. The van der Waals surface area contributed by atoms with Crippen LogP contribution in [0.5, 0.6) is 0 Å². The molecule has 0 aromatic rings. The molecule has 0 spiro atoms. The lowest BCUT2D eigenvalue weighted by Gasteiger charge is -2.21. The summed E-state index contributed by atoms with van der Waals surface area (Å²) in [6.07, 6.45) is 3.66. The van der Waals surface area contributed by atoms with Gasteiger partial charge in [0.1, 0.15) is 12.1 Å². The predicted octanol–water partition coefficient (Wildman–Crippen LogP) is -2.37. The molecule has 0 radical (unpaired) electrons. The van der Waals surface area contributed by atoms with Crippen LogP contribution in [0, 0.1) is 0 Å². The number of carbonyl (C=O) groups is 5. The minimum atomic E-state index is -1.32. The highest BCUT2D eigenvalue weighted by Gasteiger charge is 2.25. The number of hydrogen-bond acceptors (Lipinski definition) is 8. The number of carboxylic acids is 1. The molecule has 0 aromatic heterocycles. The number of hydrogen-bond donors (Lipinski definition) is 7. The van der Waals surface area contributed by atoms with E-state index < -0.39 is 54.3 Å². The van der Waals surface area contributed by atoms with Crippen LogP contribution in [-0.4, -0.2) is 77.9 Å². The summed E-state index contributed by atoms with van der Waals surface area (Å²) in [5, 5.41) is 16.3. The predicted molar refractivity (Wildman–Crippen MR) is 117 cm³/mol. The van der Waals surface area contributed by atoms with Gasteiger partial charge in [0, 0.05) is 6.42 Å². The lowest BCUT2D eigenvalue weighted by Crippen LogP contribution is -2.53. The average Bonchev–Trinajstić information content (AvgIpc) is 2.71. The summed E-state index contributed by atoms with van der Waals surface area (Å²) in [4.78, 5) is 58.7. The van der Waals surface area contributed by atoms with Gasteiger partial charge in [0.25, 0.3) is 0 Å². The number of carboxylic acid groups (broad SMARTS) is 1. The van der Waals surface area contributed by atoms with Crippen molar-refractivity contribution in [1.29, 1.82) is 0 Å². The van der Waals surface area contributed by atoms with Crippen molar-refractivity contribution in [2.45, 2.75) is 56.7 Å². The molecule has 10 N–H and O–H groups in total. The Morgan fingerprint density at radius 2 is 1.65 bits per heavy atom. The fourth-order valence-corrected chi connectivity index (χ4v) is 2.97. The molecule has 0 fully saturated rings. The van der Waals surface area contributed by atoms with Crippen molar-refractivity contribution in [3.05, 3.63) is 0 Å². The molecule has 0 aromatic carbocycles. The van der Waals surface area contributed by atoms with E-state index in [1.807, 2.05) is 6.26 Å². The van der Waals surface area contributed by atoms with E-state index in [4.69, 9.17) is 22.3 Å². The van der Waals surface area contributed by atoms with E-state index in [-0.39, 0.29) is 12.8 Å². The summed E-state index contributed by atoms with van der Waals surface area (Å²) < 4.78 is 0. The Kier molecular flexibility index (Phi) is 15.1. The van der Waals surface area contributed by atoms with Gasteiger partial charge in [-0.1, -0.05) is 6.42 Å². The van der Waals surface area contributed by atoms with Gasteiger partial charge in [0.05, 0.1) is 12.6 Å². The van der Waals surface area contributed by atoms with E-state index in [2.05, 4.69) is 16.0 Å². The van der Waals surface area contributed by atoms with Gasteiger partial charge in [-0.25, -0.2) is 4.79 Å². The molecule has 0 aliphatic carbocycles. The van der Waals surface area contributed by atoms with Crippen LogP contribution < -0.4 is 33.2 Å². The summed E-state index contributed by atoms with van der Waals surface area (Å²) in [5.41, 5.74) is 16.3. The number of primary amides is 1. The zero-order valence-electron chi connectivity index (χ0n) is 17.7. The molecule has 0 heterocycles. The zero-order valence-corrected chi connectivity index (χ0v) is 18.5. The second-order valence-corrected chi connectivity index (χ2v) is 7.90. The molecule has 0 aliphatic rings. The quantitative estimate of drug-likeness (QED) is 0.115. The number of unbranched alkanes of at least 4 members (excludes halogenated alkanes) is 1. The van der Waals surface area contributed by atoms with Gasteiger partial charge in [-0.05, 0) is 44.2 Å². The van der Waals surface area contributed by atoms with E-state index in [9.17, 15) is 24.0 Å². The van der Waals surface area contributed by atoms with Crippen molar-refractivity contribution in [3.8, 4) is 0 Å². The molecule has 0 saturated heterocycles. The lowest BCUT2D eigenvalue weighted by molar-refractivity contribution is -0.142. The van der Waals surface area contributed by atoms with Crippen LogP contribution in [-0.2, 0) is 24.0 Å². The molecule has 0 aliphatic heterocycles. The number of nitrogens with one attached hydrogen (secondary N) is 3. The molecule has 0 saturated carbocycles. The number of rotatable bonds is 17. The Hall–Kier alpha value is -2.38. The van der Waals surface area contributed by atoms with E-state index in [1.165, 1.54) is 11.8 Å². The van der Waals surface area contributed by atoms with Crippen LogP contribution in [0.2, 0.25) is 0 Å². The van der Waals surface area contributed by atoms with Crippen LogP contribution >= 0.6 is 11.8 Å². The maximum absolute atomic E-state index is 12.5. The number of carbonyl (C=O) groups excluding carboxylic acids is 4. The summed E-state index contributed by atoms with van der Waals surface area (Å²) in [6, 6.07) is -2.98. The van der Waals surface area contributed by atoms with Crippen molar-refractivity contribution < 1.29 is 29.1 Å². The van der Waals surface area contributed by atoms with E-state index >= 15 is 0 Å². The SMILES string of the molecule is CSCCC(NC(=O)C(N)CCCCN)C(=O)NCC(=O)NC(CCC(N)=O)C(=O)O. The molecular formula is C18H34N6O6S. The Balaban J connectivity index is 4.74. The third-order valence-electron chi connectivity index (χ3n) is 4.29. The minimum Gasteiger partial charge on any atom is -0.480 e. The van der Waals surface area contributed by atoms with Crippen LogP contribution in [0.4, 0.5) is 0 Å². The van der Waals surface area contributed by atoms with Crippen molar-refractivity contribution in [3.63, 3.8) is 0 Å². The van der Waals surface area contributed by atoms with Crippen LogP contribution in [0.15, 0.2) is 0 Å². The molecule has 13 heteroatoms. The summed E-state index contributed by atoms with van der Waals surface area (Å²) in [6.45, 7) is 0.00774. The molecule has 178 valence electrons. The van der Waals surface area contributed by atoms with Gasteiger partial charge in [0.15, 0.2) is 0 Å². The smallest absolute Gasteiger partial charge is 0.326 e. The zero-order chi connectivity index (χ0) is 23.8. The number of nitrogens with two attached hydrogens (primary N) is 3. The van der Waals surface area contributed by atoms with Crippen LogP contribution in [0.25, 0.3) is 0 Å². The number of thioether (sulfide) groups is 1. The molecule has 12 nitrogen and oxygen atoms in total. The molecule has 3 atom stereocenters. The van der Waals surface area contributed by atoms with Gasteiger partial charge in [-0.2, -0.15) is 11.8 Å². The fourth-order valence-electron chi connectivity index (χ4n) is 2.50. The molecule has 0 bridgehead atoms. The van der Waals surface area contributed by atoms with Gasteiger partial charge in [-0.15, -0.1) is 0 Å². The van der Waals surface area contributed by atoms with Crippen molar-refractivity contribution in [1.82, 2.24) is 16.0 Å². The van der Waals surface area contributed by atoms with Crippen molar-refractivity contribution >= 4 is 41.4 Å². The maximum atomic E-state index is 12.5. The number of amides is 4. The third kappa shape index (κ3) is 13.5. The first-order chi connectivity index (χ1) is 14.6. The van der Waals surface area contributed by atoms with Crippen LogP contribution in [0.3, 0.4) is 0 Å². The summed E-state index contributed by atoms with van der Waals surface area (Å²) >= 11 is 1.48. The average molecular weight is 463 g/mol. The van der Waals surface area contributed by atoms with Crippen molar-refractivity contribution in [2.24, 2.45) is 17.2 Å². The van der Waals surface area contributed by atoms with Gasteiger partial charge < -0.3 is 38.3 Å². The largest absolute Gasteiger partial charge is 0.480 e. The molecule has 4 amide bonds. The highest BCUT2D eigenvalue weighted by molar-refractivity contribution is 7.98. The van der Waals surface area contributed by atoms with E-state index in [1.54, 1.807) is 0 Å². The highest BCUT2D eigenvalue weighted by atomic mass is 32.2. The summed E-state index contributed by atoms with van der Waals surface area (Å²) in [5.74, 6) is -3.24. The maximum Gasteiger partial charge on any atom is 0.326 e. The summed E-state index contributed by atoms with van der Waals surface area (Å²) in [7, 11) is 0. The fraction of sp³-hybridized carbons (Fsp3) is 0.722. The molecule has 3 unspecified atom stereocenters. The Morgan fingerprint density at radius 3 is 2.19 bits per heavy atom. The minimum absolute atomic E-state index is 0.168. The molecule has 0 rings (SSSR count). The Morgan fingerprint density at radius 1 is 0.968 bits per heavy atom. The number of aliphatic carboxylic acids is 1. The lowest BCUT2D eigenvalue weighted by atomic mass is 10.1. The van der Waals surface area contributed by atoms with Gasteiger partial charge in [0.2, 0.25) is 23.6 Å². The third-order valence-corrected chi connectivity index (χ3v) is 4.93.